The molecule has 0 unspecified atom stereocenters. The van der Waals surface area contributed by atoms with Crippen molar-refractivity contribution in [1.29, 1.82) is 0 Å². The summed E-state index contributed by atoms with van der Waals surface area (Å²) in [7, 11) is 1.20. The zero-order chi connectivity index (χ0) is 23.6. The molecule has 0 radical (unpaired) electrons. The fourth-order valence-corrected chi connectivity index (χ4v) is 3.00. The minimum Gasteiger partial charge on any atom is -0.484 e. The third-order valence-electron chi connectivity index (χ3n) is 4.35. The first-order valence-electron chi connectivity index (χ1n) is 9.83. The summed E-state index contributed by atoms with van der Waals surface area (Å²) in [5.74, 6) is -0.0788. The maximum absolute atomic E-state index is 12.8. The second-order valence-corrected chi connectivity index (χ2v) is 7.08. The van der Waals surface area contributed by atoms with E-state index < -0.39 is 12.0 Å². The van der Waals surface area contributed by atoms with Gasteiger partial charge in [0, 0.05) is 11.1 Å². The van der Waals surface area contributed by atoms with Gasteiger partial charge < -0.3 is 20.1 Å². The number of carbonyl (C=O) groups excluding carboxylic acids is 3. The molecule has 0 fully saturated rings. The number of methoxy groups -OCH3 is 1. The normalized spacial score (nSPS) is 9.97. The van der Waals surface area contributed by atoms with E-state index in [1.165, 1.54) is 13.2 Å². The lowest BCUT2D eigenvalue weighted by Gasteiger charge is -2.15. The Morgan fingerprint density at radius 1 is 0.818 bits per heavy atom. The average Bonchev–Trinajstić information content (AvgIpc) is 2.84. The Morgan fingerprint density at radius 3 is 2.15 bits per heavy atom. The van der Waals surface area contributed by atoms with Gasteiger partial charge in [0.2, 0.25) is 0 Å². The molecular formula is C24H21N3O5S. The van der Waals surface area contributed by atoms with Crippen molar-refractivity contribution < 1.29 is 23.9 Å². The molecule has 9 heteroatoms. The van der Waals surface area contributed by atoms with Gasteiger partial charge in [-0.15, -0.1) is 0 Å². The molecule has 0 aliphatic heterocycles. The minimum atomic E-state index is -0.758. The Morgan fingerprint density at radius 2 is 1.48 bits per heavy atom. The van der Waals surface area contributed by atoms with Crippen LogP contribution in [0.1, 0.15) is 15.9 Å². The van der Waals surface area contributed by atoms with Crippen molar-refractivity contribution in [1.82, 2.24) is 5.32 Å². The Kier molecular flexibility index (Phi) is 8.09. The number of alkyl carbamates (subject to hydrolysis) is 1. The lowest BCUT2D eigenvalue weighted by molar-refractivity contribution is -0.118. The first kappa shape index (κ1) is 23.4. The van der Waals surface area contributed by atoms with Gasteiger partial charge in [0.05, 0.1) is 18.5 Å². The molecule has 0 aromatic heterocycles. The van der Waals surface area contributed by atoms with Gasteiger partial charge in [-0.2, -0.15) is 0 Å². The second-order valence-electron chi connectivity index (χ2n) is 6.68. The zero-order valence-corrected chi connectivity index (χ0v) is 18.5. The van der Waals surface area contributed by atoms with Crippen LogP contribution in [0.4, 0.5) is 16.2 Å². The Hall–Kier alpha value is -4.24. The third kappa shape index (κ3) is 6.88. The Bertz CT molecular complexity index is 1150. The highest BCUT2D eigenvalue weighted by Crippen LogP contribution is 2.25. The number of para-hydroxylation sites is 1. The summed E-state index contributed by atoms with van der Waals surface area (Å²) >= 11 is 5.12. The number of carbonyl (C=O) groups is 3. The number of hydrogen-bond acceptors (Lipinski definition) is 6. The standard InChI is InChI=1S/C24H21N3O5S/c1-31-24(30)27-23(33)26-20-14-17(22(29)16-8-4-2-5-9-16)12-13-19(20)25-21(28)15-32-18-10-6-3-7-11-18/h2-14H,15H2,1H3,(H,25,28)(H2,26,27,30,33). The lowest BCUT2D eigenvalue weighted by atomic mass is 10.0. The van der Waals surface area contributed by atoms with Gasteiger partial charge in [-0.05, 0) is 42.5 Å². The molecule has 3 rings (SSSR count). The highest BCUT2D eigenvalue weighted by molar-refractivity contribution is 7.80. The largest absolute Gasteiger partial charge is 0.484 e. The minimum absolute atomic E-state index is 0.0674. The number of nitrogens with one attached hydrogen (secondary N) is 3. The highest BCUT2D eigenvalue weighted by Gasteiger charge is 2.15. The van der Waals surface area contributed by atoms with Crippen molar-refractivity contribution in [3.63, 3.8) is 0 Å². The van der Waals surface area contributed by atoms with Crippen LogP contribution in [0.2, 0.25) is 0 Å². The van der Waals surface area contributed by atoms with E-state index in [2.05, 4.69) is 20.7 Å². The number of thiocarbonyl (C=S) groups is 1. The molecule has 2 amide bonds. The van der Waals surface area contributed by atoms with Crippen molar-refractivity contribution in [2.24, 2.45) is 0 Å². The second kappa shape index (κ2) is 11.4. The van der Waals surface area contributed by atoms with Crippen molar-refractivity contribution in [3.8, 4) is 5.75 Å². The molecule has 0 spiro atoms. The number of amides is 2. The van der Waals surface area contributed by atoms with Gasteiger partial charge >= 0.3 is 6.09 Å². The van der Waals surface area contributed by atoms with Crippen LogP contribution in [0.15, 0.2) is 78.9 Å². The van der Waals surface area contributed by atoms with Crippen molar-refractivity contribution >= 4 is 46.5 Å². The fourth-order valence-electron chi connectivity index (χ4n) is 2.80. The molecule has 33 heavy (non-hydrogen) atoms. The van der Waals surface area contributed by atoms with Crippen molar-refractivity contribution in [2.75, 3.05) is 24.4 Å². The first-order valence-corrected chi connectivity index (χ1v) is 10.2. The van der Waals surface area contributed by atoms with Crippen LogP contribution in [-0.2, 0) is 9.53 Å². The molecule has 8 nitrogen and oxygen atoms in total. The first-order chi connectivity index (χ1) is 16.0. The smallest absolute Gasteiger partial charge is 0.413 e. The van der Waals surface area contributed by atoms with Crippen LogP contribution >= 0.6 is 12.2 Å². The molecule has 0 aliphatic carbocycles. The number of hydrogen-bond donors (Lipinski definition) is 3. The lowest BCUT2D eigenvalue weighted by Crippen LogP contribution is -2.34. The summed E-state index contributed by atoms with van der Waals surface area (Å²) in [4.78, 5) is 36.7. The van der Waals surface area contributed by atoms with Gasteiger partial charge in [0.25, 0.3) is 5.91 Å². The number of ketones is 1. The highest BCUT2D eigenvalue weighted by atomic mass is 32.1. The number of anilines is 2. The third-order valence-corrected chi connectivity index (χ3v) is 4.56. The molecule has 0 aliphatic rings. The fraction of sp³-hybridized carbons (Fsp3) is 0.0833. The quantitative estimate of drug-likeness (QED) is 0.359. The predicted octanol–water partition coefficient (Wildman–Crippen LogP) is 3.99. The molecule has 3 aromatic rings. The maximum Gasteiger partial charge on any atom is 0.413 e. The molecular weight excluding hydrogens is 442 g/mol. The van der Waals surface area contributed by atoms with Crippen LogP contribution in [0.3, 0.4) is 0 Å². The van der Waals surface area contributed by atoms with E-state index in [9.17, 15) is 14.4 Å². The summed E-state index contributed by atoms with van der Waals surface area (Å²) in [5, 5.41) is 7.79. The summed E-state index contributed by atoms with van der Waals surface area (Å²) in [6, 6.07) is 22.4. The van der Waals surface area contributed by atoms with Gasteiger partial charge in [0.15, 0.2) is 17.5 Å². The summed E-state index contributed by atoms with van der Waals surface area (Å²) in [6.07, 6.45) is -0.758. The van der Waals surface area contributed by atoms with E-state index in [0.717, 1.165) is 0 Å². The van der Waals surface area contributed by atoms with E-state index in [1.807, 2.05) is 12.1 Å². The van der Waals surface area contributed by atoms with E-state index in [4.69, 9.17) is 17.0 Å². The Labute approximate surface area is 195 Å². The van der Waals surface area contributed by atoms with E-state index in [-0.39, 0.29) is 17.5 Å². The van der Waals surface area contributed by atoms with E-state index in [0.29, 0.717) is 28.3 Å². The maximum atomic E-state index is 12.8. The predicted molar refractivity (Wildman–Crippen MR) is 129 cm³/mol. The summed E-state index contributed by atoms with van der Waals surface area (Å²) in [5.41, 5.74) is 1.52. The van der Waals surface area contributed by atoms with Crippen molar-refractivity contribution in [3.05, 3.63) is 90.0 Å². The molecule has 0 heterocycles. The topological polar surface area (TPSA) is 106 Å². The zero-order valence-electron chi connectivity index (χ0n) is 17.7. The molecule has 168 valence electrons. The monoisotopic (exact) mass is 463 g/mol. The van der Waals surface area contributed by atoms with E-state index in [1.54, 1.807) is 60.7 Å². The van der Waals surface area contributed by atoms with Gasteiger partial charge in [-0.3, -0.25) is 14.9 Å². The SMILES string of the molecule is COC(=O)NC(=S)Nc1cc(C(=O)c2ccccc2)ccc1NC(=O)COc1ccccc1. The molecule has 0 bridgehead atoms. The number of rotatable bonds is 7. The van der Waals surface area contributed by atoms with Gasteiger partial charge in [0.1, 0.15) is 5.75 Å². The molecule has 3 N–H and O–H groups in total. The summed E-state index contributed by atoms with van der Waals surface area (Å²) < 4.78 is 9.99. The van der Waals surface area contributed by atoms with Crippen molar-refractivity contribution in [2.45, 2.75) is 0 Å². The van der Waals surface area contributed by atoms with Gasteiger partial charge in [-0.1, -0.05) is 48.5 Å². The Balaban J connectivity index is 1.79. The van der Waals surface area contributed by atoms with Crippen LogP contribution < -0.4 is 20.7 Å². The van der Waals surface area contributed by atoms with Crippen LogP contribution in [-0.4, -0.2) is 36.6 Å². The molecule has 0 saturated heterocycles. The molecule has 0 atom stereocenters. The summed E-state index contributed by atoms with van der Waals surface area (Å²) in [6.45, 7) is -0.223. The van der Waals surface area contributed by atoms with Crippen LogP contribution in [0.25, 0.3) is 0 Å². The van der Waals surface area contributed by atoms with Crippen LogP contribution in [0.5, 0.6) is 5.75 Å². The van der Waals surface area contributed by atoms with Crippen LogP contribution in [0, 0.1) is 0 Å². The van der Waals surface area contributed by atoms with Gasteiger partial charge in [-0.25, -0.2) is 4.79 Å². The molecule has 3 aromatic carbocycles. The number of benzene rings is 3. The molecule has 0 saturated carbocycles. The number of ether oxygens (including phenoxy) is 2. The van der Waals surface area contributed by atoms with E-state index >= 15 is 0 Å². The average molecular weight is 464 g/mol.